The third kappa shape index (κ3) is 3.17. The molecule has 1 heterocycles. The van der Waals surface area contributed by atoms with Crippen LogP contribution in [0.15, 0.2) is 18.2 Å². The van der Waals surface area contributed by atoms with Gasteiger partial charge in [-0.15, -0.1) is 11.3 Å². The minimum absolute atomic E-state index is 0.0849. The molecule has 0 aliphatic heterocycles. The maximum absolute atomic E-state index is 7.47. The molecule has 1 aromatic heterocycles. The van der Waals surface area contributed by atoms with Gasteiger partial charge in [-0.2, -0.15) is 0 Å². The molecule has 0 amide bonds. The molecular formula is C15H19N3OS. The third-order valence-corrected chi connectivity index (χ3v) is 4.46. The van der Waals surface area contributed by atoms with Gasteiger partial charge >= 0.3 is 0 Å². The van der Waals surface area contributed by atoms with Crippen LogP contribution >= 0.6 is 11.3 Å². The Bertz CT molecular complexity index is 634. The molecule has 5 heteroatoms. The van der Waals surface area contributed by atoms with Crippen molar-refractivity contribution in [3.05, 3.63) is 44.9 Å². The van der Waals surface area contributed by atoms with E-state index in [2.05, 4.69) is 24.9 Å². The van der Waals surface area contributed by atoms with Gasteiger partial charge in [0, 0.05) is 6.42 Å². The first-order chi connectivity index (χ1) is 9.49. The smallest absolute Gasteiger partial charge is 0.135 e. The predicted octanol–water partition coefficient (Wildman–Crippen LogP) is 2.97. The molecule has 0 bridgehead atoms. The summed E-state index contributed by atoms with van der Waals surface area (Å²) in [5, 5.41) is 8.43. The molecule has 2 rings (SSSR count). The Hall–Kier alpha value is -1.88. The fourth-order valence-electron chi connectivity index (χ4n) is 1.94. The standard InChI is InChI=1S/C15H19N3OS/c1-9-5-4-6-12(10(9)2)19-8-7-13-18-11(3)14(20-13)15(16)17/h4-6H,7-8H2,1-3H3,(H3,16,17). The van der Waals surface area contributed by atoms with Gasteiger partial charge in [-0.1, -0.05) is 12.1 Å². The Labute approximate surface area is 123 Å². The van der Waals surface area contributed by atoms with Crippen molar-refractivity contribution in [2.45, 2.75) is 27.2 Å². The SMILES string of the molecule is Cc1cccc(OCCc2nc(C)c(C(=N)N)s2)c1C. The number of hydrogen-bond acceptors (Lipinski definition) is 4. The molecule has 0 saturated carbocycles. The molecule has 4 nitrogen and oxygen atoms in total. The molecule has 0 saturated heterocycles. The number of rotatable bonds is 5. The second kappa shape index (κ2) is 6.05. The molecule has 2 aromatic rings. The van der Waals surface area contributed by atoms with E-state index in [4.69, 9.17) is 15.9 Å². The van der Waals surface area contributed by atoms with Crippen LogP contribution in [0.4, 0.5) is 0 Å². The fraction of sp³-hybridized carbons (Fsp3) is 0.333. The number of nitrogens with one attached hydrogen (secondary N) is 1. The number of hydrogen-bond donors (Lipinski definition) is 2. The Morgan fingerprint density at radius 2 is 2.10 bits per heavy atom. The summed E-state index contributed by atoms with van der Waals surface area (Å²) >= 11 is 1.47. The summed E-state index contributed by atoms with van der Waals surface area (Å²) in [5.41, 5.74) is 8.73. The lowest BCUT2D eigenvalue weighted by Crippen LogP contribution is -2.10. The highest BCUT2D eigenvalue weighted by atomic mass is 32.1. The van der Waals surface area contributed by atoms with Gasteiger partial charge in [-0.25, -0.2) is 4.98 Å². The van der Waals surface area contributed by atoms with E-state index in [1.807, 2.05) is 19.1 Å². The molecule has 0 fully saturated rings. The molecule has 1 aromatic carbocycles. The van der Waals surface area contributed by atoms with Crippen LogP contribution in [0.25, 0.3) is 0 Å². The second-order valence-corrected chi connectivity index (χ2v) is 5.82. The van der Waals surface area contributed by atoms with E-state index in [0.717, 1.165) is 27.7 Å². The highest BCUT2D eigenvalue weighted by Gasteiger charge is 2.10. The van der Waals surface area contributed by atoms with Crippen molar-refractivity contribution in [1.29, 1.82) is 5.41 Å². The molecule has 0 atom stereocenters. The monoisotopic (exact) mass is 289 g/mol. The van der Waals surface area contributed by atoms with Crippen molar-refractivity contribution in [3.63, 3.8) is 0 Å². The lowest BCUT2D eigenvalue weighted by atomic mass is 10.1. The maximum Gasteiger partial charge on any atom is 0.135 e. The van der Waals surface area contributed by atoms with Gasteiger partial charge in [0.1, 0.15) is 11.6 Å². The van der Waals surface area contributed by atoms with E-state index < -0.39 is 0 Å². The zero-order chi connectivity index (χ0) is 14.7. The van der Waals surface area contributed by atoms with Crippen LogP contribution in [0.5, 0.6) is 5.75 Å². The van der Waals surface area contributed by atoms with E-state index in [1.54, 1.807) is 0 Å². The van der Waals surface area contributed by atoms with Crippen molar-refractivity contribution < 1.29 is 4.74 Å². The Balaban J connectivity index is 1.98. The first-order valence-corrected chi connectivity index (χ1v) is 7.30. The van der Waals surface area contributed by atoms with Crippen molar-refractivity contribution >= 4 is 17.2 Å². The zero-order valence-electron chi connectivity index (χ0n) is 12.0. The number of benzene rings is 1. The van der Waals surface area contributed by atoms with Gasteiger partial charge < -0.3 is 10.5 Å². The minimum atomic E-state index is 0.0849. The topological polar surface area (TPSA) is 72.0 Å². The Morgan fingerprint density at radius 3 is 2.75 bits per heavy atom. The number of nitrogens with two attached hydrogens (primary N) is 1. The Morgan fingerprint density at radius 1 is 1.35 bits per heavy atom. The number of ether oxygens (including phenoxy) is 1. The van der Waals surface area contributed by atoms with Gasteiger partial charge in [-0.3, -0.25) is 5.41 Å². The van der Waals surface area contributed by atoms with E-state index >= 15 is 0 Å². The molecule has 0 unspecified atom stereocenters. The molecule has 3 N–H and O–H groups in total. The largest absolute Gasteiger partial charge is 0.493 e. The number of thiazole rings is 1. The molecule has 0 spiro atoms. The quantitative estimate of drug-likeness (QED) is 0.656. The van der Waals surface area contributed by atoms with Crippen LogP contribution in [-0.2, 0) is 6.42 Å². The van der Waals surface area contributed by atoms with Crippen LogP contribution < -0.4 is 10.5 Å². The van der Waals surface area contributed by atoms with Gasteiger partial charge in [0.15, 0.2) is 0 Å². The van der Waals surface area contributed by atoms with Gasteiger partial charge in [-0.05, 0) is 38.0 Å². The normalized spacial score (nSPS) is 10.6. The van der Waals surface area contributed by atoms with Crippen LogP contribution in [0.2, 0.25) is 0 Å². The zero-order valence-corrected chi connectivity index (χ0v) is 12.8. The summed E-state index contributed by atoms with van der Waals surface area (Å²) in [6, 6.07) is 6.06. The highest BCUT2D eigenvalue weighted by molar-refractivity contribution is 7.13. The van der Waals surface area contributed by atoms with Crippen LogP contribution in [0.3, 0.4) is 0 Å². The molecule has 0 aliphatic rings. The van der Waals surface area contributed by atoms with Crippen LogP contribution in [0, 0.1) is 26.2 Å². The van der Waals surface area contributed by atoms with Gasteiger partial charge in [0.2, 0.25) is 0 Å². The van der Waals surface area contributed by atoms with E-state index in [-0.39, 0.29) is 5.84 Å². The molecule has 0 radical (unpaired) electrons. The first kappa shape index (κ1) is 14.5. The number of amidine groups is 1. The molecule has 20 heavy (non-hydrogen) atoms. The third-order valence-electron chi connectivity index (χ3n) is 3.21. The predicted molar refractivity (Wildman–Crippen MR) is 83.0 cm³/mol. The first-order valence-electron chi connectivity index (χ1n) is 6.48. The molecule has 106 valence electrons. The summed E-state index contributed by atoms with van der Waals surface area (Å²) in [6.45, 7) is 6.59. The average Bonchev–Trinajstić information content (AvgIpc) is 2.76. The molecular weight excluding hydrogens is 270 g/mol. The number of aromatic nitrogens is 1. The summed E-state index contributed by atoms with van der Waals surface area (Å²) in [5.74, 6) is 1.01. The average molecular weight is 289 g/mol. The highest BCUT2D eigenvalue weighted by Crippen LogP contribution is 2.22. The van der Waals surface area contributed by atoms with Gasteiger partial charge in [0.25, 0.3) is 0 Å². The van der Waals surface area contributed by atoms with Crippen molar-refractivity contribution in [3.8, 4) is 5.75 Å². The summed E-state index contributed by atoms with van der Waals surface area (Å²) < 4.78 is 5.81. The summed E-state index contributed by atoms with van der Waals surface area (Å²) in [7, 11) is 0. The van der Waals surface area contributed by atoms with Crippen LogP contribution in [0.1, 0.15) is 26.7 Å². The van der Waals surface area contributed by atoms with E-state index in [1.165, 1.54) is 22.5 Å². The van der Waals surface area contributed by atoms with Crippen molar-refractivity contribution in [2.75, 3.05) is 6.61 Å². The fourth-order valence-corrected chi connectivity index (χ4v) is 2.84. The van der Waals surface area contributed by atoms with Crippen molar-refractivity contribution in [1.82, 2.24) is 4.98 Å². The molecule has 0 aliphatic carbocycles. The minimum Gasteiger partial charge on any atom is -0.493 e. The second-order valence-electron chi connectivity index (χ2n) is 4.73. The van der Waals surface area contributed by atoms with E-state index in [9.17, 15) is 0 Å². The lowest BCUT2D eigenvalue weighted by Gasteiger charge is -2.09. The van der Waals surface area contributed by atoms with Crippen molar-refractivity contribution in [2.24, 2.45) is 5.73 Å². The summed E-state index contributed by atoms with van der Waals surface area (Å²) in [6.07, 6.45) is 0.728. The number of nitrogen functional groups attached to an aromatic ring is 1. The van der Waals surface area contributed by atoms with Gasteiger partial charge in [0.05, 0.1) is 22.2 Å². The van der Waals surface area contributed by atoms with Crippen LogP contribution in [-0.4, -0.2) is 17.4 Å². The number of nitrogens with zero attached hydrogens (tertiary/aromatic N) is 1. The lowest BCUT2D eigenvalue weighted by molar-refractivity contribution is 0.319. The number of aryl methyl sites for hydroxylation is 2. The van der Waals surface area contributed by atoms with E-state index in [0.29, 0.717) is 6.61 Å². The summed E-state index contributed by atoms with van der Waals surface area (Å²) in [4.78, 5) is 5.18. The Kier molecular flexibility index (Phi) is 4.39. The maximum atomic E-state index is 7.47.